The monoisotopic (exact) mass is 460 g/mol. The summed E-state index contributed by atoms with van der Waals surface area (Å²) in [5.74, 6) is -0.294. The van der Waals surface area contributed by atoms with Crippen LogP contribution in [0.4, 0.5) is 0 Å². The number of esters is 1. The molecule has 2 rings (SSSR count). The number of thioether (sulfide) groups is 1. The average molecular weight is 461 g/mol. The number of nitrogens with zero attached hydrogens (tertiary/aromatic N) is 1. The van der Waals surface area contributed by atoms with Crippen LogP contribution >= 0.6 is 11.8 Å². The van der Waals surface area contributed by atoms with Gasteiger partial charge >= 0.3 is 5.97 Å². The van der Waals surface area contributed by atoms with Gasteiger partial charge in [-0.1, -0.05) is 30.3 Å². The summed E-state index contributed by atoms with van der Waals surface area (Å²) in [6, 6.07) is 14.2. The fourth-order valence-electron chi connectivity index (χ4n) is 2.74. The number of nitrogens with one attached hydrogen (secondary N) is 1. The van der Waals surface area contributed by atoms with Crippen molar-refractivity contribution in [1.82, 2.24) is 10.2 Å². The number of hydrogen-bond donors (Lipinski definition) is 1. The zero-order valence-electron chi connectivity index (χ0n) is 18.5. The van der Waals surface area contributed by atoms with Gasteiger partial charge in [0.15, 0.2) is 6.61 Å². The molecule has 0 saturated heterocycles. The molecule has 0 saturated carbocycles. The van der Waals surface area contributed by atoms with Gasteiger partial charge in [0.25, 0.3) is 5.91 Å². The lowest BCUT2D eigenvalue weighted by Crippen LogP contribution is -2.31. The van der Waals surface area contributed by atoms with E-state index in [4.69, 9.17) is 14.2 Å². The molecule has 2 aromatic carbocycles. The molecule has 2 aromatic rings. The summed E-state index contributed by atoms with van der Waals surface area (Å²) in [4.78, 5) is 39.0. The summed E-state index contributed by atoms with van der Waals surface area (Å²) in [5.41, 5.74) is 1.16. The van der Waals surface area contributed by atoms with Crippen molar-refractivity contribution in [1.29, 1.82) is 0 Å². The van der Waals surface area contributed by atoms with E-state index in [0.29, 0.717) is 35.9 Å². The van der Waals surface area contributed by atoms with Crippen molar-refractivity contribution in [2.45, 2.75) is 11.4 Å². The van der Waals surface area contributed by atoms with Crippen LogP contribution in [0.3, 0.4) is 0 Å². The molecule has 0 bridgehead atoms. The van der Waals surface area contributed by atoms with Gasteiger partial charge in [-0.3, -0.25) is 9.59 Å². The number of likely N-dealkylation sites (N-methyl/N-ethyl adjacent to an activating group) is 1. The third kappa shape index (κ3) is 7.90. The van der Waals surface area contributed by atoms with Crippen molar-refractivity contribution in [2.75, 3.05) is 46.8 Å². The molecule has 1 N–H and O–H groups in total. The van der Waals surface area contributed by atoms with Gasteiger partial charge in [-0.15, -0.1) is 11.8 Å². The number of amides is 2. The lowest BCUT2D eigenvalue weighted by molar-refractivity contribution is -0.133. The van der Waals surface area contributed by atoms with Crippen LogP contribution in [0.1, 0.15) is 15.9 Å². The maximum Gasteiger partial charge on any atom is 0.339 e. The average Bonchev–Trinajstić information content (AvgIpc) is 2.81. The van der Waals surface area contributed by atoms with Crippen molar-refractivity contribution >= 4 is 29.5 Å². The number of methoxy groups -OCH3 is 2. The molecule has 0 radical (unpaired) electrons. The van der Waals surface area contributed by atoms with Crippen molar-refractivity contribution in [2.24, 2.45) is 0 Å². The van der Waals surface area contributed by atoms with E-state index in [9.17, 15) is 14.4 Å². The predicted octanol–water partition coefficient (Wildman–Crippen LogP) is 2.37. The van der Waals surface area contributed by atoms with Gasteiger partial charge in [-0.05, 0) is 18.2 Å². The van der Waals surface area contributed by atoms with E-state index < -0.39 is 5.97 Å². The van der Waals surface area contributed by atoms with E-state index in [0.717, 1.165) is 5.56 Å². The van der Waals surface area contributed by atoms with E-state index in [2.05, 4.69) is 5.32 Å². The Morgan fingerprint density at radius 2 is 1.75 bits per heavy atom. The van der Waals surface area contributed by atoms with Crippen LogP contribution in [-0.2, 0) is 25.6 Å². The normalized spacial score (nSPS) is 10.3. The maximum absolute atomic E-state index is 12.6. The summed E-state index contributed by atoms with van der Waals surface area (Å²) in [6.45, 7) is 0.787. The van der Waals surface area contributed by atoms with E-state index in [1.807, 2.05) is 24.3 Å². The second-order valence-electron chi connectivity index (χ2n) is 6.77. The Hall–Kier alpha value is -3.04. The van der Waals surface area contributed by atoms with Crippen LogP contribution in [0.2, 0.25) is 0 Å². The number of benzene rings is 2. The van der Waals surface area contributed by atoms with Crippen molar-refractivity contribution < 1.29 is 28.6 Å². The van der Waals surface area contributed by atoms with Crippen molar-refractivity contribution in [3.63, 3.8) is 0 Å². The SMILES string of the molecule is COCCNC(=O)CSc1ccccc1C(=O)OCC(=O)N(C)Cc1ccccc1OC. The van der Waals surface area contributed by atoms with Gasteiger partial charge in [0, 0.05) is 37.7 Å². The quantitative estimate of drug-likeness (QED) is 0.295. The van der Waals surface area contributed by atoms with Crippen LogP contribution in [0.15, 0.2) is 53.4 Å². The first-order valence-corrected chi connectivity index (χ1v) is 10.9. The van der Waals surface area contributed by atoms with Gasteiger partial charge in [0.05, 0.1) is 25.0 Å². The highest BCUT2D eigenvalue weighted by Crippen LogP contribution is 2.23. The summed E-state index contributed by atoms with van der Waals surface area (Å²) >= 11 is 1.23. The Labute approximate surface area is 192 Å². The van der Waals surface area contributed by atoms with Gasteiger partial charge in [0.2, 0.25) is 5.91 Å². The largest absolute Gasteiger partial charge is 0.496 e. The molecule has 172 valence electrons. The van der Waals surface area contributed by atoms with Crippen LogP contribution in [0.5, 0.6) is 5.75 Å². The summed E-state index contributed by atoms with van der Waals surface area (Å²) in [7, 11) is 4.76. The number of rotatable bonds is 12. The standard InChI is InChI=1S/C23H28N2O6S/c1-25(14-17-8-4-6-10-19(17)30-3)22(27)15-31-23(28)18-9-5-7-11-20(18)32-16-21(26)24-12-13-29-2/h4-11H,12-16H2,1-3H3,(H,24,26). The minimum Gasteiger partial charge on any atom is -0.496 e. The molecule has 32 heavy (non-hydrogen) atoms. The van der Waals surface area contributed by atoms with E-state index in [-0.39, 0.29) is 24.2 Å². The van der Waals surface area contributed by atoms with Crippen LogP contribution in [-0.4, -0.2) is 69.5 Å². The summed E-state index contributed by atoms with van der Waals surface area (Å²) in [5, 5.41) is 2.72. The van der Waals surface area contributed by atoms with Crippen LogP contribution < -0.4 is 10.1 Å². The number of carbonyl (C=O) groups excluding carboxylic acids is 3. The van der Waals surface area contributed by atoms with Gasteiger partial charge in [-0.2, -0.15) is 0 Å². The summed E-state index contributed by atoms with van der Waals surface area (Å²) < 4.78 is 15.4. The van der Waals surface area contributed by atoms with Gasteiger partial charge in [0.1, 0.15) is 5.75 Å². The molecule has 0 heterocycles. The Balaban J connectivity index is 1.89. The molecule has 9 heteroatoms. The van der Waals surface area contributed by atoms with Crippen LogP contribution in [0.25, 0.3) is 0 Å². The third-order valence-corrected chi connectivity index (χ3v) is 5.52. The van der Waals surface area contributed by atoms with Gasteiger partial charge in [-0.25, -0.2) is 4.79 Å². The number of para-hydroxylation sites is 1. The first-order valence-electron chi connectivity index (χ1n) is 9.96. The fraction of sp³-hybridized carbons (Fsp3) is 0.348. The number of carbonyl (C=O) groups is 3. The molecular formula is C23H28N2O6S. The molecular weight excluding hydrogens is 432 g/mol. The predicted molar refractivity (Wildman–Crippen MR) is 122 cm³/mol. The Morgan fingerprint density at radius 1 is 1.03 bits per heavy atom. The second kappa shape index (κ2) is 13.4. The highest BCUT2D eigenvalue weighted by molar-refractivity contribution is 8.00. The molecule has 0 aliphatic carbocycles. The third-order valence-electron chi connectivity index (χ3n) is 4.45. The molecule has 0 fully saturated rings. The zero-order chi connectivity index (χ0) is 23.3. The topological polar surface area (TPSA) is 94.2 Å². The van der Waals surface area contributed by atoms with E-state index in [1.165, 1.54) is 16.7 Å². The Kier molecular flexibility index (Phi) is 10.6. The molecule has 0 unspecified atom stereocenters. The molecule has 0 aromatic heterocycles. The molecule has 0 aliphatic rings. The first kappa shape index (κ1) is 25.2. The minimum absolute atomic E-state index is 0.147. The molecule has 0 spiro atoms. The fourth-order valence-corrected chi connectivity index (χ4v) is 3.61. The maximum atomic E-state index is 12.6. The van der Waals surface area contributed by atoms with Crippen molar-refractivity contribution in [3.05, 3.63) is 59.7 Å². The first-order chi connectivity index (χ1) is 15.5. The van der Waals surface area contributed by atoms with Crippen LogP contribution in [0, 0.1) is 0 Å². The smallest absolute Gasteiger partial charge is 0.339 e. The lowest BCUT2D eigenvalue weighted by atomic mass is 10.2. The van der Waals surface area contributed by atoms with E-state index >= 15 is 0 Å². The zero-order valence-corrected chi connectivity index (χ0v) is 19.3. The Morgan fingerprint density at radius 3 is 2.50 bits per heavy atom. The van der Waals surface area contributed by atoms with E-state index in [1.54, 1.807) is 45.5 Å². The number of hydrogen-bond acceptors (Lipinski definition) is 7. The summed E-state index contributed by atoms with van der Waals surface area (Å²) in [6.07, 6.45) is 0. The molecule has 0 atom stereocenters. The number of ether oxygens (including phenoxy) is 3. The molecule has 2 amide bonds. The molecule has 0 aliphatic heterocycles. The highest BCUT2D eigenvalue weighted by atomic mass is 32.2. The Bertz CT molecular complexity index is 921. The molecule has 8 nitrogen and oxygen atoms in total. The van der Waals surface area contributed by atoms with Crippen molar-refractivity contribution in [3.8, 4) is 5.75 Å². The second-order valence-corrected chi connectivity index (χ2v) is 7.78. The minimum atomic E-state index is -0.619. The lowest BCUT2D eigenvalue weighted by Gasteiger charge is -2.19. The van der Waals surface area contributed by atoms with Gasteiger partial charge < -0.3 is 24.4 Å². The highest BCUT2D eigenvalue weighted by Gasteiger charge is 2.18.